The maximum absolute atomic E-state index is 12.0. The number of rotatable bonds is 7. The average molecular weight is 219 g/mol. The predicted molar refractivity (Wildman–Crippen MR) is 68.1 cm³/mol. The van der Waals surface area contributed by atoms with Crippen LogP contribution in [0.25, 0.3) is 0 Å². The minimum atomic E-state index is 0.216. The Labute approximate surface area is 98.3 Å². The molecule has 0 bridgehead atoms. The summed E-state index contributed by atoms with van der Waals surface area (Å²) in [6, 6.07) is 0. The standard InChI is InChI=1S/C14H21NO/c1-5-6-7-14(16)13(10-15(3)4)11(2)12-8-9-12/h8,10H,2,5-7,9H2,1,3-4H3/b13-10-. The van der Waals surface area contributed by atoms with Crippen LogP contribution in [-0.4, -0.2) is 24.8 Å². The number of hydrogen-bond acceptors (Lipinski definition) is 2. The summed E-state index contributed by atoms with van der Waals surface area (Å²) in [5.74, 6) is 0.216. The van der Waals surface area contributed by atoms with E-state index in [1.54, 1.807) is 0 Å². The van der Waals surface area contributed by atoms with Crippen molar-refractivity contribution in [3.63, 3.8) is 0 Å². The van der Waals surface area contributed by atoms with Gasteiger partial charge >= 0.3 is 0 Å². The molecule has 16 heavy (non-hydrogen) atoms. The lowest BCUT2D eigenvalue weighted by atomic mass is 9.98. The molecule has 0 amide bonds. The second-order valence-corrected chi connectivity index (χ2v) is 4.45. The zero-order valence-electron chi connectivity index (χ0n) is 10.5. The third-order valence-corrected chi connectivity index (χ3v) is 2.57. The zero-order valence-corrected chi connectivity index (χ0v) is 10.5. The molecule has 88 valence electrons. The van der Waals surface area contributed by atoms with E-state index in [2.05, 4.69) is 19.6 Å². The summed E-state index contributed by atoms with van der Waals surface area (Å²) in [6.07, 6.45) is 7.62. The van der Waals surface area contributed by atoms with E-state index < -0.39 is 0 Å². The Morgan fingerprint density at radius 1 is 1.56 bits per heavy atom. The van der Waals surface area contributed by atoms with Gasteiger partial charge in [-0.15, -0.1) is 0 Å². The number of unbranched alkanes of at least 4 members (excludes halogenated alkanes) is 1. The monoisotopic (exact) mass is 219 g/mol. The Hall–Kier alpha value is -1.31. The molecular formula is C14H21NO. The first-order chi connectivity index (χ1) is 7.56. The molecule has 0 aromatic carbocycles. The van der Waals surface area contributed by atoms with Crippen molar-refractivity contribution in [1.82, 2.24) is 4.90 Å². The molecular weight excluding hydrogens is 198 g/mol. The molecule has 0 aromatic rings. The van der Waals surface area contributed by atoms with Crippen LogP contribution >= 0.6 is 0 Å². The van der Waals surface area contributed by atoms with Gasteiger partial charge in [0.2, 0.25) is 0 Å². The first kappa shape index (κ1) is 12.8. The summed E-state index contributed by atoms with van der Waals surface area (Å²) >= 11 is 0. The van der Waals surface area contributed by atoms with Crippen molar-refractivity contribution in [3.05, 3.63) is 35.6 Å². The molecule has 0 saturated carbocycles. The van der Waals surface area contributed by atoms with Crippen LogP contribution in [0.3, 0.4) is 0 Å². The largest absolute Gasteiger partial charge is 0.383 e. The second-order valence-electron chi connectivity index (χ2n) is 4.45. The first-order valence-corrected chi connectivity index (χ1v) is 5.86. The van der Waals surface area contributed by atoms with Crippen molar-refractivity contribution in [1.29, 1.82) is 0 Å². The van der Waals surface area contributed by atoms with E-state index in [-0.39, 0.29) is 5.78 Å². The number of ketones is 1. The summed E-state index contributed by atoms with van der Waals surface area (Å²) in [7, 11) is 3.86. The normalized spacial score (nSPS) is 14.4. The van der Waals surface area contributed by atoms with E-state index in [0.29, 0.717) is 6.42 Å². The Morgan fingerprint density at radius 2 is 2.19 bits per heavy atom. The highest BCUT2D eigenvalue weighted by Crippen LogP contribution is 2.32. The summed E-state index contributed by atoms with van der Waals surface area (Å²) in [4.78, 5) is 13.9. The molecule has 1 aliphatic rings. The fourth-order valence-electron chi connectivity index (χ4n) is 1.52. The number of carbonyl (C=O) groups excluding carboxylic acids is 1. The molecule has 2 nitrogen and oxygen atoms in total. The molecule has 0 spiro atoms. The summed E-state index contributed by atoms with van der Waals surface area (Å²) in [6.45, 7) is 6.11. The van der Waals surface area contributed by atoms with Gasteiger partial charge in [-0.2, -0.15) is 0 Å². The average Bonchev–Trinajstić information content (AvgIpc) is 3.04. The van der Waals surface area contributed by atoms with E-state index >= 15 is 0 Å². The SMILES string of the molecule is C=C(C1=CC1)/C(=C/N(C)C)C(=O)CCCC. The van der Waals surface area contributed by atoms with Crippen molar-refractivity contribution in [2.24, 2.45) is 0 Å². The first-order valence-electron chi connectivity index (χ1n) is 5.86. The van der Waals surface area contributed by atoms with Crippen LogP contribution in [0, 0.1) is 0 Å². The zero-order chi connectivity index (χ0) is 12.1. The minimum Gasteiger partial charge on any atom is -0.383 e. The topological polar surface area (TPSA) is 20.3 Å². The summed E-state index contributed by atoms with van der Waals surface area (Å²) < 4.78 is 0. The third kappa shape index (κ3) is 3.69. The molecule has 0 N–H and O–H groups in total. The van der Waals surface area contributed by atoms with Gasteiger partial charge in [0.05, 0.1) is 0 Å². The molecule has 0 atom stereocenters. The number of nitrogens with zero attached hydrogens (tertiary/aromatic N) is 1. The number of allylic oxidation sites excluding steroid dienone is 4. The molecule has 1 rings (SSSR count). The molecule has 0 aliphatic heterocycles. The van der Waals surface area contributed by atoms with Crippen LogP contribution in [0.5, 0.6) is 0 Å². The van der Waals surface area contributed by atoms with Crippen molar-refractivity contribution in [2.75, 3.05) is 14.1 Å². The van der Waals surface area contributed by atoms with E-state index in [1.165, 1.54) is 5.57 Å². The van der Waals surface area contributed by atoms with Crippen LogP contribution < -0.4 is 0 Å². The Balaban J connectivity index is 2.74. The van der Waals surface area contributed by atoms with Crippen LogP contribution in [0.15, 0.2) is 35.6 Å². The molecule has 0 fully saturated rings. The van der Waals surface area contributed by atoms with E-state index in [1.807, 2.05) is 25.2 Å². The quantitative estimate of drug-likeness (QED) is 0.484. The van der Waals surface area contributed by atoms with E-state index in [0.717, 1.165) is 30.4 Å². The lowest BCUT2D eigenvalue weighted by Crippen LogP contribution is -2.10. The fraction of sp³-hybridized carbons (Fsp3) is 0.500. The fourth-order valence-corrected chi connectivity index (χ4v) is 1.52. The van der Waals surface area contributed by atoms with Gasteiger partial charge in [-0.05, 0) is 24.0 Å². The lowest BCUT2D eigenvalue weighted by molar-refractivity contribution is -0.115. The van der Waals surface area contributed by atoms with Gasteiger partial charge in [0, 0.05) is 32.3 Å². The van der Waals surface area contributed by atoms with Gasteiger partial charge in [-0.25, -0.2) is 0 Å². The van der Waals surface area contributed by atoms with Crippen molar-refractivity contribution in [3.8, 4) is 0 Å². The van der Waals surface area contributed by atoms with Crippen LogP contribution in [0.4, 0.5) is 0 Å². The van der Waals surface area contributed by atoms with Crippen LogP contribution in [0.2, 0.25) is 0 Å². The molecule has 2 heteroatoms. The van der Waals surface area contributed by atoms with Gasteiger partial charge in [0.25, 0.3) is 0 Å². The maximum atomic E-state index is 12.0. The molecule has 0 saturated heterocycles. The molecule has 0 radical (unpaired) electrons. The van der Waals surface area contributed by atoms with Gasteiger partial charge in [-0.3, -0.25) is 4.79 Å². The Morgan fingerprint density at radius 3 is 2.62 bits per heavy atom. The predicted octanol–water partition coefficient (Wildman–Crippen LogP) is 3.08. The Bertz CT molecular complexity index is 348. The lowest BCUT2D eigenvalue weighted by Gasteiger charge is -2.12. The highest BCUT2D eigenvalue weighted by Gasteiger charge is 2.20. The van der Waals surface area contributed by atoms with Crippen molar-refractivity contribution in [2.45, 2.75) is 32.6 Å². The van der Waals surface area contributed by atoms with Crippen LogP contribution in [-0.2, 0) is 4.79 Å². The van der Waals surface area contributed by atoms with Gasteiger partial charge in [0.15, 0.2) is 5.78 Å². The van der Waals surface area contributed by atoms with Gasteiger partial charge in [0.1, 0.15) is 0 Å². The maximum Gasteiger partial charge on any atom is 0.164 e. The van der Waals surface area contributed by atoms with Gasteiger partial charge < -0.3 is 4.90 Å². The minimum absolute atomic E-state index is 0.216. The van der Waals surface area contributed by atoms with E-state index in [4.69, 9.17) is 0 Å². The molecule has 1 aliphatic carbocycles. The third-order valence-electron chi connectivity index (χ3n) is 2.57. The van der Waals surface area contributed by atoms with Crippen LogP contribution in [0.1, 0.15) is 32.6 Å². The molecule has 0 unspecified atom stereocenters. The van der Waals surface area contributed by atoms with Crippen molar-refractivity contribution >= 4 is 5.78 Å². The van der Waals surface area contributed by atoms with E-state index in [9.17, 15) is 4.79 Å². The number of hydrogen-bond donors (Lipinski definition) is 0. The molecule has 0 heterocycles. The highest BCUT2D eigenvalue weighted by atomic mass is 16.1. The number of Topliss-reactive ketones (excluding diaryl/α,β-unsaturated/α-hetero) is 1. The highest BCUT2D eigenvalue weighted by molar-refractivity contribution is 6.00. The summed E-state index contributed by atoms with van der Waals surface area (Å²) in [5, 5.41) is 0. The van der Waals surface area contributed by atoms with Crippen molar-refractivity contribution < 1.29 is 4.79 Å². The second kappa shape index (κ2) is 5.69. The Kier molecular flexibility index (Phi) is 4.53. The smallest absolute Gasteiger partial charge is 0.164 e. The molecule has 0 aromatic heterocycles. The summed E-state index contributed by atoms with van der Waals surface area (Å²) in [5.41, 5.74) is 2.91. The number of carbonyl (C=O) groups is 1. The van der Waals surface area contributed by atoms with Gasteiger partial charge in [-0.1, -0.05) is 26.0 Å².